The number of hydrogen-bond acceptors (Lipinski definition) is 1. The van der Waals surface area contributed by atoms with Gasteiger partial charge < -0.3 is 0 Å². The van der Waals surface area contributed by atoms with Crippen LogP contribution in [-0.4, -0.2) is 5.78 Å². The van der Waals surface area contributed by atoms with E-state index in [4.69, 9.17) is 0 Å². The van der Waals surface area contributed by atoms with Crippen molar-refractivity contribution in [2.45, 2.75) is 40.5 Å². The van der Waals surface area contributed by atoms with E-state index in [2.05, 4.69) is 20.8 Å². The van der Waals surface area contributed by atoms with Crippen LogP contribution in [0.25, 0.3) is 0 Å². The first-order valence-corrected chi connectivity index (χ1v) is 6.16. The zero-order chi connectivity index (χ0) is 13.9. The largest absolute Gasteiger partial charge is 0.299 e. The molecule has 0 radical (unpaired) electrons. The third-order valence-electron chi connectivity index (χ3n) is 3.43. The number of ketones is 1. The molecule has 0 aliphatic rings. The third-order valence-corrected chi connectivity index (χ3v) is 3.43. The minimum atomic E-state index is -0.908. The highest BCUT2D eigenvalue weighted by Crippen LogP contribution is 2.28. The molecule has 3 heteroatoms. The summed E-state index contributed by atoms with van der Waals surface area (Å²) >= 11 is 0. The van der Waals surface area contributed by atoms with Gasteiger partial charge in [0.15, 0.2) is 11.6 Å². The first-order valence-electron chi connectivity index (χ1n) is 6.16. The summed E-state index contributed by atoms with van der Waals surface area (Å²) in [5.41, 5.74) is 0.178. The van der Waals surface area contributed by atoms with Crippen molar-refractivity contribution >= 4 is 5.78 Å². The Hall–Kier alpha value is -1.25. The van der Waals surface area contributed by atoms with Crippen molar-refractivity contribution < 1.29 is 13.6 Å². The van der Waals surface area contributed by atoms with Crippen LogP contribution in [0.4, 0.5) is 8.78 Å². The molecule has 0 heterocycles. The van der Waals surface area contributed by atoms with Crippen LogP contribution in [0.5, 0.6) is 0 Å². The second-order valence-corrected chi connectivity index (χ2v) is 5.90. The van der Waals surface area contributed by atoms with Crippen LogP contribution in [0.2, 0.25) is 0 Å². The van der Waals surface area contributed by atoms with Crippen molar-refractivity contribution in [3.8, 4) is 0 Å². The molecule has 1 rings (SSSR count). The van der Waals surface area contributed by atoms with Gasteiger partial charge in [-0.05, 0) is 23.0 Å². The van der Waals surface area contributed by atoms with Gasteiger partial charge in [0.1, 0.15) is 5.78 Å². The Morgan fingerprint density at radius 3 is 2.44 bits per heavy atom. The number of carbonyl (C=O) groups excluding carboxylic acids is 1. The summed E-state index contributed by atoms with van der Waals surface area (Å²) in [5.74, 6) is -1.65. The first kappa shape index (κ1) is 14.8. The molecule has 0 aliphatic heterocycles. The molecular weight excluding hydrogens is 234 g/mol. The molecule has 18 heavy (non-hydrogen) atoms. The van der Waals surface area contributed by atoms with Gasteiger partial charge in [0.05, 0.1) is 0 Å². The van der Waals surface area contributed by atoms with E-state index in [1.165, 1.54) is 12.1 Å². The van der Waals surface area contributed by atoms with Crippen LogP contribution < -0.4 is 0 Å². The highest BCUT2D eigenvalue weighted by atomic mass is 19.2. The van der Waals surface area contributed by atoms with E-state index in [0.29, 0.717) is 6.42 Å². The van der Waals surface area contributed by atoms with Gasteiger partial charge in [0.2, 0.25) is 0 Å². The molecule has 0 saturated carbocycles. The lowest BCUT2D eigenvalue weighted by molar-refractivity contribution is -0.120. The number of benzene rings is 1. The van der Waals surface area contributed by atoms with Crippen LogP contribution in [0.3, 0.4) is 0 Å². The quantitative estimate of drug-likeness (QED) is 0.789. The number of halogens is 2. The maximum absolute atomic E-state index is 13.4. The molecule has 0 spiro atoms. The van der Waals surface area contributed by atoms with Gasteiger partial charge >= 0.3 is 0 Å². The van der Waals surface area contributed by atoms with Gasteiger partial charge in [-0.3, -0.25) is 4.79 Å². The van der Waals surface area contributed by atoms with Crippen molar-refractivity contribution in [2.75, 3.05) is 0 Å². The predicted octanol–water partition coefficient (Wildman–Crippen LogP) is 4.15. The van der Waals surface area contributed by atoms with E-state index in [1.807, 2.05) is 6.92 Å². The van der Waals surface area contributed by atoms with Crippen LogP contribution in [0, 0.1) is 23.0 Å². The maximum Gasteiger partial charge on any atom is 0.162 e. The van der Waals surface area contributed by atoms with Crippen molar-refractivity contribution in [3.63, 3.8) is 0 Å². The van der Waals surface area contributed by atoms with Gasteiger partial charge in [-0.2, -0.15) is 0 Å². The van der Waals surface area contributed by atoms with Crippen LogP contribution in [0.1, 0.15) is 39.7 Å². The maximum atomic E-state index is 13.4. The molecule has 1 atom stereocenters. The predicted molar refractivity (Wildman–Crippen MR) is 68.3 cm³/mol. The lowest BCUT2D eigenvalue weighted by atomic mass is 9.79. The molecule has 100 valence electrons. The first-order chi connectivity index (χ1) is 8.21. The van der Waals surface area contributed by atoms with Gasteiger partial charge in [0, 0.05) is 12.8 Å². The van der Waals surface area contributed by atoms with E-state index in [1.54, 1.807) is 0 Å². The van der Waals surface area contributed by atoms with Crippen molar-refractivity contribution in [3.05, 3.63) is 35.4 Å². The Kier molecular flexibility index (Phi) is 4.60. The molecule has 1 aromatic rings. The molecule has 0 fully saturated rings. The van der Waals surface area contributed by atoms with Gasteiger partial charge in [-0.25, -0.2) is 8.78 Å². The molecular formula is C15H20F2O. The van der Waals surface area contributed by atoms with Gasteiger partial charge in [-0.15, -0.1) is 0 Å². The van der Waals surface area contributed by atoms with Crippen LogP contribution >= 0.6 is 0 Å². The average Bonchev–Trinajstić information content (AvgIpc) is 2.23. The minimum Gasteiger partial charge on any atom is -0.299 e. The molecule has 0 N–H and O–H groups in total. The summed E-state index contributed by atoms with van der Waals surface area (Å²) < 4.78 is 26.4. The topological polar surface area (TPSA) is 17.1 Å². The lowest BCUT2D eigenvalue weighted by Gasteiger charge is -2.26. The molecule has 1 unspecified atom stereocenters. The zero-order valence-corrected chi connectivity index (χ0v) is 11.4. The molecule has 0 aliphatic carbocycles. The standard InChI is InChI=1S/C15H20F2O/c1-10(15(2,3)4)8-12(18)9-11-6-5-7-13(16)14(11)17/h5-7,10H,8-9H2,1-4H3. The average molecular weight is 254 g/mol. The lowest BCUT2D eigenvalue weighted by Crippen LogP contribution is -2.21. The van der Waals surface area contributed by atoms with Gasteiger partial charge in [0.25, 0.3) is 0 Å². The Morgan fingerprint density at radius 1 is 1.28 bits per heavy atom. The fourth-order valence-corrected chi connectivity index (χ4v) is 1.62. The molecule has 1 aromatic carbocycles. The summed E-state index contributed by atoms with van der Waals surface area (Å²) in [7, 11) is 0. The summed E-state index contributed by atoms with van der Waals surface area (Å²) in [6, 6.07) is 3.94. The van der Waals surface area contributed by atoms with E-state index < -0.39 is 11.6 Å². The SMILES string of the molecule is CC(CC(=O)Cc1cccc(F)c1F)C(C)(C)C. The Morgan fingerprint density at radius 2 is 1.89 bits per heavy atom. The second kappa shape index (κ2) is 5.59. The van der Waals surface area contributed by atoms with Crippen molar-refractivity contribution in [1.82, 2.24) is 0 Å². The van der Waals surface area contributed by atoms with E-state index in [-0.39, 0.29) is 29.1 Å². The molecule has 0 bridgehead atoms. The molecule has 1 nitrogen and oxygen atoms in total. The smallest absolute Gasteiger partial charge is 0.162 e. The summed E-state index contributed by atoms with van der Waals surface area (Å²) in [5, 5.41) is 0. The van der Waals surface area contributed by atoms with Crippen molar-refractivity contribution in [2.24, 2.45) is 11.3 Å². The number of carbonyl (C=O) groups is 1. The second-order valence-electron chi connectivity index (χ2n) is 5.90. The summed E-state index contributed by atoms with van der Waals surface area (Å²) in [6.45, 7) is 8.19. The normalized spacial score (nSPS) is 13.4. The van der Waals surface area contributed by atoms with Crippen LogP contribution in [0.15, 0.2) is 18.2 Å². The third kappa shape index (κ3) is 3.90. The summed E-state index contributed by atoms with van der Waals surface area (Å²) in [4.78, 5) is 11.8. The molecule has 0 saturated heterocycles. The number of hydrogen-bond donors (Lipinski definition) is 0. The Bertz CT molecular complexity index is 433. The zero-order valence-electron chi connectivity index (χ0n) is 11.4. The number of Topliss-reactive ketones (excluding diaryl/α,β-unsaturated/α-hetero) is 1. The highest BCUT2D eigenvalue weighted by Gasteiger charge is 2.23. The Balaban J connectivity index is 2.69. The van der Waals surface area contributed by atoms with Crippen molar-refractivity contribution in [1.29, 1.82) is 0 Å². The minimum absolute atomic E-state index is 0.0377. The van der Waals surface area contributed by atoms with E-state index in [0.717, 1.165) is 6.07 Å². The van der Waals surface area contributed by atoms with E-state index >= 15 is 0 Å². The monoisotopic (exact) mass is 254 g/mol. The fourth-order valence-electron chi connectivity index (χ4n) is 1.62. The fraction of sp³-hybridized carbons (Fsp3) is 0.533. The summed E-state index contributed by atoms with van der Waals surface area (Å²) in [6.07, 6.45) is 0.351. The van der Waals surface area contributed by atoms with Gasteiger partial charge in [-0.1, -0.05) is 39.8 Å². The van der Waals surface area contributed by atoms with Crippen LogP contribution in [-0.2, 0) is 11.2 Å². The van der Waals surface area contributed by atoms with E-state index in [9.17, 15) is 13.6 Å². The molecule has 0 aromatic heterocycles. The Labute approximate surface area is 107 Å². The number of rotatable bonds is 4. The molecule has 0 amide bonds. The highest BCUT2D eigenvalue weighted by molar-refractivity contribution is 5.81.